The van der Waals surface area contributed by atoms with Gasteiger partial charge in [-0.25, -0.2) is 0 Å². The molecule has 2 aromatic carbocycles. The first-order chi connectivity index (χ1) is 15.7. The third kappa shape index (κ3) is 5.20. The van der Waals surface area contributed by atoms with E-state index in [9.17, 15) is 0 Å². The first-order valence-electron chi connectivity index (χ1n) is 12.9. The topological polar surface area (TPSA) is 39.9 Å². The van der Waals surface area contributed by atoms with Gasteiger partial charge >= 0.3 is 0 Å². The van der Waals surface area contributed by atoms with Crippen LogP contribution in [0.25, 0.3) is 10.9 Å². The van der Waals surface area contributed by atoms with E-state index in [0.29, 0.717) is 12.1 Å². The molecule has 0 bridgehead atoms. The van der Waals surface area contributed by atoms with Crippen LogP contribution in [-0.2, 0) is 6.42 Å². The van der Waals surface area contributed by atoms with Gasteiger partial charge in [-0.05, 0) is 80.8 Å². The molecule has 5 rings (SSSR count). The minimum Gasteiger partial charge on any atom is -0.381 e. The first kappa shape index (κ1) is 21.6. The van der Waals surface area contributed by atoms with Crippen LogP contribution < -0.4 is 10.6 Å². The van der Waals surface area contributed by atoms with Gasteiger partial charge in [0.1, 0.15) is 0 Å². The van der Waals surface area contributed by atoms with Crippen molar-refractivity contribution in [2.24, 2.45) is 5.92 Å². The van der Waals surface area contributed by atoms with Gasteiger partial charge in [-0.1, -0.05) is 62.4 Å². The van der Waals surface area contributed by atoms with Gasteiger partial charge in [-0.3, -0.25) is 0 Å². The molecule has 3 aromatic rings. The van der Waals surface area contributed by atoms with Crippen LogP contribution in [0, 0.1) is 12.8 Å². The first-order valence-corrected chi connectivity index (χ1v) is 12.9. The van der Waals surface area contributed by atoms with E-state index < -0.39 is 0 Å². The van der Waals surface area contributed by atoms with Gasteiger partial charge in [-0.15, -0.1) is 0 Å². The molecule has 3 nitrogen and oxygen atoms in total. The number of rotatable bonds is 8. The van der Waals surface area contributed by atoms with Gasteiger partial charge < -0.3 is 15.6 Å². The number of aryl methyl sites for hydroxylation is 1. The van der Waals surface area contributed by atoms with Crippen LogP contribution in [0.4, 0.5) is 5.69 Å². The molecule has 170 valence electrons. The van der Waals surface area contributed by atoms with Gasteiger partial charge in [0.15, 0.2) is 0 Å². The Kier molecular flexibility index (Phi) is 6.83. The summed E-state index contributed by atoms with van der Waals surface area (Å²) in [7, 11) is 0. The predicted octanol–water partition coefficient (Wildman–Crippen LogP) is 7.28. The third-order valence-corrected chi connectivity index (χ3v) is 7.64. The fourth-order valence-electron chi connectivity index (χ4n) is 5.85. The monoisotopic (exact) mass is 429 g/mol. The van der Waals surface area contributed by atoms with E-state index in [-0.39, 0.29) is 0 Å². The Balaban J connectivity index is 1.41. The highest BCUT2D eigenvalue weighted by molar-refractivity contribution is 5.92. The summed E-state index contributed by atoms with van der Waals surface area (Å²) in [5.74, 6) is 0.827. The number of aromatic nitrogens is 1. The number of hydrogen-bond donors (Lipinski definition) is 3. The number of anilines is 1. The van der Waals surface area contributed by atoms with Crippen LogP contribution in [0.5, 0.6) is 0 Å². The fraction of sp³-hybridized carbons (Fsp3) is 0.517. The van der Waals surface area contributed by atoms with Crippen LogP contribution in [-0.4, -0.2) is 17.6 Å². The number of H-pyrrole nitrogens is 1. The number of hydrogen-bond acceptors (Lipinski definition) is 2. The van der Waals surface area contributed by atoms with Crippen LogP contribution in [0.3, 0.4) is 0 Å². The standard InChI is InChI=1S/C29H39N3/c1-21-16-24-19-27(32-29(24)28(17-21)31-25-14-8-9-15-25)26(18-22-10-4-2-5-11-22)30-20-23-12-6-3-7-13-23/h2,4-5,10-11,16-17,19,23,25-26,30-32H,3,6-9,12-15,18,20H2,1H3/t26-/m1/s1. The molecule has 3 N–H and O–H groups in total. The largest absolute Gasteiger partial charge is 0.381 e. The summed E-state index contributed by atoms with van der Waals surface area (Å²) in [6.45, 7) is 3.34. The minimum absolute atomic E-state index is 0.311. The molecule has 0 saturated heterocycles. The number of nitrogens with one attached hydrogen (secondary N) is 3. The summed E-state index contributed by atoms with van der Waals surface area (Å²) in [4.78, 5) is 3.85. The van der Waals surface area contributed by atoms with Gasteiger partial charge in [0, 0.05) is 17.1 Å². The van der Waals surface area contributed by atoms with Crippen molar-refractivity contribution in [1.29, 1.82) is 0 Å². The molecule has 0 amide bonds. The van der Waals surface area contributed by atoms with E-state index in [1.165, 1.54) is 91.2 Å². The molecule has 1 atom stereocenters. The number of aromatic amines is 1. The summed E-state index contributed by atoms with van der Waals surface area (Å²) in [5, 5.41) is 9.16. The molecule has 0 aliphatic heterocycles. The van der Waals surface area contributed by atoms with E-state index in [1.807, 2.05) is 0 Å². The van der Waals surface area contributed by atoms with Crippen molar-refractivity contribution in [3.05, 3.63) is 65.4 Å². The van der Waals surface area contributed by atoms with Crippen LogP contribution in [0.15, 0.2) is 48.5 Å². The van der Waals surface area contributed by atoms with Gasteiger partial charge in [0.2, 0.25) is 0 Å². The highest BCUT2D eigenvalue weighted by atomic mass is 15.0. The van der Waals surface area contributed by atoms with Crippen molar-refractivity contribution >= 4 is 16.6 Å². The second-order valence-electron chi connectivity index (χ2n) is 10.3. The zero-order valence-corrected chi connectivity index (χ0v) is 19.6. The molecule has 2 fully saturated rings. The maximum absolute atomic E-state index is 3.97. The average Bonchev–Trinajstić information content (AvgIpc) is 3.48. The lowest BCUT2D eigenvalue weighted by Crippen LogP contribution is -2.30. The lowest BCUT2D eigenvalue weighted by molar-refractivity contribution is 0.326. The number of fused-ring (bicyclic) bond motifs is 1. The molecule has 1 heterocycles. The second-order valence-corrected chi connectivity index (χ2v) is 10.3. The van der Waals surface area contributed by atoms with Gasteiger partial charge in [0.25, 0.3) is 0 Å². The predicted molar refractivity (Wildman–Crippen MR) is 136 cm³/mol. The Morgan fingerprint density at radius 3 is 2.44 bits per heavy atom. The summed E-state index contributed by atoms with van der Waals surface area (Å²) in [6.07, 6.45) is 13.3. The molecule has 32 heavy (non-hydrogen) atoms. The highest BCUT2D eigenvalue weighted by Gasteiger charge is 2.21. The minimum atomic E-state index is 0.311. The zero-order valence-electron chi connectivity index (χ0n) is 19.6. The third-order valence-electron chi connectivity index (χ3n) is 7.64. The smallest absolute Gasteiger partial charge is 0.0692 e. The average molecular weight is 430 g/mol. The Morgan fingerprint density at radius 1 is 0.906 bits per heavy atom. The molecule has 2 aliphatic rings. The van der Waals surface area contributed by atoms with E-state index in [4.69, 9.17) is 0 Å². The van der Waals surface area contributed by atoms with Crippen molar-refractivity contribution in [2.45, 2.75) is 83.2 Å². The van der Waals surface area contributed by atoms with Crippen molar-refractivity contribution in [2.75, 3.05) is 11.9 Å². The molecule has 1 aromatic heterocycles. The van der Waals surface area contributed by atoms with Crippen molar-refractivity contribution in [1.82, 2.24) is 10.3 Å². The number of benzene rings is 2. The summed E-state index contributed by atoms with van der Waals surface area (Å²) in [5.41, 5.74) is 6.60. The Hall–Kier alpha value is -2.26. The molecule has 2 saturated carbocycles. The molecule has 0 spiro atoms. The highest BCUT2D eigenvalue weighted by Crippen LogP contribution is 2.32. The van der Waals surface area contributed by atoms with Crippen molar-refractivity contribution < 1.29 is 0 Å². The normalized spacial score (nSPS) is 18.9. The van der Waals surface area contributed by atoms with E-state index >= 15 is 0 Å². The fourth-order valence-corrected chi connectivity index (χ4v) is 5.85. The van der Waals surface area contributed by atoms with E-state index in [1.54, 1.807) is 0 Å². The van der Waals surface area contributed by atoms with E-state index in [0.717, 1.165) is 18.9 Å². The van der Waals surface area contributed by atoms with Gasteiger partial charge in [0.05, 0.1) is 17.2 Å². The van der Waals surface area contributed by atoms with Crippen molar-refractivity contribution in [3.8, 4) is 0 Å². The molecular weight excluding hydrogens is 390 g/mol. The Labute approximate surface area is 193 Å². The lowest BCUT2D eigenvalue weighted by atomic mass is 9.89. The maximum Gasteiger partial charge on any atom is 0.0692 e. The molecule has 0 unspecified atom stereocenters. The molecular formula is C29H39N3. The molecule has 0 radical (unpaired) electrons. The quantitative estimate of drug-likeness (QED) is 0.352. The van der Waals surface area contributed by atoms with Crippen LogP contribution in [0.1, 0.15) is 80.7 Å². The van der Waals surface area contributed by atoms with Crippen LogP contribution >= 0.6 is 0 Å². The van der Waals surface area contributed by atoms with Crippen molar-refractivity contribution in [3.63, 3.8) is 0 Å². The Morgan fingerprint density at radius 2 is 1.66 bits per heavy atom. The maximum atomic E-state index is 3.97. The molecule has 2 aliphatic carbocycles. The summed E-state index contributed by atoms with van der Waals surface area (Å²) >= 11 is 0. The summed E-state index contributed by atoms with van der Waals surface area (Å²) in [6, 6.07) is 18.9. The lowest BCUT2D eigenvalue weighted by Gasteiger charge is -2.25. The summed E-state index contributed by atoms with van der Waals surface area (Å²) < 4.78 is 0. The van der Waals surface area contributed by atoms with Crippen LogP contribution in [0.2, 0.25) is 0 Å². The SMILES string of the molecule is Cc1cc(NC2CCCC2)c2[nH]c([C@@H](Cc3ccccc3)NCC3CCCCC3)cc2c1. The Bertz CT molecular complexity index is 994. The zero-order chi connectivity index (χ0) is 21.8. The molecule has 3 heteroatoms. The second kappa shape index (κ2) is 10.1. The van der Waals surface area contributed by atoms with Gasteiger partial charge in [-0.2, -0.15) is 0 Å². The van der Waals surface area contributed by atoms with E-state index in [2.05, 4.69) is 71.1 Å².